The van der Waals surface area contributed by atoms with Crippen molar-refractivity contribution >= 4 is 39.6 Å². The first-order valence-corrected chi connectivity index (χ1v) is 15.7. The average molecular weight is 649 g/mol. The number of nitrogens with one attached hydrogen (secondary N) is 2. The molecule has 0 radical (unpaired) electrons. The lowest BCUT2D eigenvalue weighted by atomic mass is 10.0. The summed E-state index contributed by atoms with van der Waals surface area (Å²) in [7, 11) is 1.40. The van der Waals surface area contributed by atoms with Crippen LogP contribution in [0.3, 0.4) is 0 Å². The maximum Gasteiger partial charge on any atom is 0.404 e. The number of rotatable bonds is 12. The van der Waals surface area contributed by atoms with Crippen LogP contribution in [0, 0.1) is 0 Å². The van der Waals surface area contributed by atoms with Crippen molar-refractivity contribution < 1.29 is 32.6 Å². The number of methoxy groups -OCH3 is 2. The highest BCUT2D eigenvalue weighted by Crippen LogP contribution is 2.33. The van der Waals surface area contributed by atoms with Gasteiger partial charge >= 0.3 is 16.3 Å². The first-order valence-electron chi connectivity index (χ1n) is 13.9. The molecule has 2 aromatic carbocycles. The van der Waals surface area contributed by atoms with Crippen LogP contribution < -0.4 is 15.5 Å². The fraction of sp³-hybridized carbons (Fsp3) is 0.414. The topological polar surface area (TPSA) is 155 Å². The summed E-state index contributed by atoms with van der Waals surface area (Å²) in [5.41, 5.74) is 1.52. The number of nitrogens with zero attached hydrogens (tertiary/aromatic N) is 4. The number of hydrogen-bond donors (Lipinski definition) is 3. The van der Waals surface area contributed by atoms with Crippen molar-refractivity contribution in [3.05, 3.63) is 82.0 Å². The Bertz CT molecular complexity index is 1560. The number of piperidine rings is 1. The molecule has 1 aliphatic heterocycles. The van der Waals surface area contributed by atoms with Crippen LogP contribution in [0.4, 0.5) is 10.6 Å². The van der Waals surface area contributed by atoms with Crippen molar-refractivity contribution in [3.63, 3.8) is 0 Å². The number of anilines is 1. The van der Waals surface area contributed by atoms with Crippen LogP contribution in [-0.4, -0.2) is 92.8 Å². The van der Waals surface area contributed by atoms with Gasteiger partial charge in [0.1, 0.15) is 11.9 Å². The predicted octanol–water partition coefficient (Wildman–Crippen LogP) is 3.11. The Balaban J connectivity index is 1.90. The molecule has 0 saturated carbocycles. The molecule has 1 saturated heterocycles. The van der Waals surface area contributed by atoms with E-state index in [1.807, 2.05) is 30.3 Å². The second kappa shape index (κ2) is 14.4. The van der Waals surface area contributed by atoms with Crippen LogP contribution in [0.5, 0.6) is 0 Å². The molecule has 0 bridgehead atoms. The highest BCUT2D eigenvalue weighted by atomic mass is 35.5. The maximum absolute atomic E-state index is 14.2. The zero-order valence-corrected chi connectivity index (χ0v) is 26.5. The summed E-state index contributed by atoms with van der Waals surface area (Å²) in [6.45, 7) is 0.574. The van der Waals surface area contributed by atoms with Gasteiger partial charge in [0.15, 0.2) is 12.0 Å². The zero-order valence-electron chi connectivity index (χ0n) is 24.9. The molecular formula is C29H37ClN6O7S. The van der Waals surface area contributed by atoms with E-state index in [1.54, 1.807) is 29.2 Å². The second-order valence-corrected chi connectivity index (χ2v) is 12.9. The number of carbonyl (C=O) groups excluding carboxylic acids is 1. The molecule has 4 rings (SSSR count). The number of amides is 2. The van der Waals surface area contributed by atoms with Crippen molar-refractivity contribution in [1.82, 2.24) is 24.1 Å². The normalized spacial score (nSPS) is 16.2. The summed E-state index contributed by atoms with van der Waals surface area (Å²) in [4.78, 5) is 27.4. The van der Waals surface area contributed by atoms with Crippen molar-refractivity contribution in [2.75, 3.05) is 46.3 Å². The summed E-state index contributed by atoms with van der Waals surface area (Å²) in [5.74, 6) is -0.502. The Kier molecular flexibility index (Phi) is 10.9. The lowest BCUT2D eigenvalue weighted by Gasteiger charge is -2.35. The van der Waals surface area contributed by atoms with Crippen molar-refractivity contribution in [2.45, 2.75) is 37.6 Å². The molecule has 15 heteroatoms. The summed E-state index contributed by atoms with van der Waals surface area (Å²) in [6, 6.07) is 14.9. The fourth-order valence-corrected chi connectivity index (χ4v) is 6.37. The molecule has 1 fully saturated rings. The molecule has 238 valence electrons. The molecule has 1 aromatic heterocycles. The largest absolute Gasteiger partial charge is 0.465 e. The van der Waals surface area contributed by atoms with Crippen LogP contribution >= 0.6 is 11.6 Å². The lowest BCUT2D eigenvalue weighted by molar-refractivity contribution is -0.122. The molecule has 1 unspecified atom stereocenters. The molecule has 13 nitrogen and oxygen atoms in total. The Labute approximate surface area is 261 Å². The van der Waals surface area contributed by atoms with Gasteiger partial charge in [0.2, 0.25) is 0 Å². The molecular weight excluding hydrogens is 612 g/mol. The Hall–Kier alpha value is -3.69. The first kappa shape index (κ1) is 33.2. The minimum absolute atomic E-state index is 0.0716. The summed E-state index contributed by atoms with van der Waals surface area (Å²) in [5, 5.41) is 19.6. The van der Waals surface area contributed by atoms with Gasteiger partial charge in [-0.3, -0.25) is 4.79 Å². The van der Waals surface area contributed by atoms with Gasteiger partial charge in [0, 0.05) is 64.5 Å². The molecule has 0 spiro atoms. The molecule has 0 aliphatic carbocycles. The van der Waals surface area contributed by atoms with Crippen LogP contribution in [0.2, 0.25) is 5.02 Å². The van der Waals surface area contributed by atoms with Gasteiger partial charge in [-0.15, -0.1) is 9.19 Å². The maximum atomic E-state index is 14.2. The van der Waals surface area contributed by atoms with Gasteiger partial charge < -0.3 is 30.1 Å². The van der Waals surface area contributed by atoms with Gasteiger partial charge in [-0.25, -0.2) is 4.79 Å². The van der Waals surface area contributed by atoms with Gasteiger partial charge in [-0.05, 0) is 30.0 Å². The quantitative estimate of drug-likeness (QED) is 0.251. The smallest absolute Gasteiger partial charge is 0.404 e. The lowest BCUT2D eigenvalue weighted by Crippen LogP contribution is -2.48. The number of carbonyl (C=O) groups is 2. The number of ether oxygens (including phenoxy) is 2. The number of halogens is 1. The number of benzene rings is 2. The standard InChI is InChI=1S/C29H37ClN6O7S/c1-34(2)44(40,41)36-27(35-16-10-14-21(18-35)31-29(38)39)22(17-20-13-8-9-15-23(20)30)25(33-36)26(37)32-24(28(42-3)43-4)19-11-6-5-7-12-19/h5-9,11-13,15,21,24,28,31H,10,14,16-18H2,1-4H3,(H,32,37)(H,38,39)/t21-,24?/m1/s1. The van der Waals surface area contributed by atoms with Crippen molar-refractivity contribution in [1.29, 1.82) is 0 Å². The Morgan fingerprint density at radius 1 is 1.11 bits per heavy atom. The van der Waals surface area contributed by atoms with Gasteiger partial charge in [-0.2, -0.15) is 12.7 Å². The van der Waals surface area contributed by atoms with Crippen LogP contribution in [-0.2, 0) is 26.1 Å². The SMILES string of the molecule is COC(OC)C(NC(=O)c1nn(S(=O)(=O)N(C)C)c(N2CCC[C@@H](NC(=O)O)C2)c1Cc1ccccc1Cl)c1ccccc1. The minimum Gasteiger partial charge on any atom is -0.465 e. The Morgan fingerprint density at radius 3 is 2.39 bits per heavy atom. The third kappa shape index (κ3) is 7.33. The van der Waals surface area contributed by atoms with Gasteiger partial charge in [0.05, 0.1) is 0 Å². The highest BCUT2D eigenvalue weighted by Gasteiger charge is 2.36. The summed E-state index contributed by atoms with van der Waals surface area (Å²) in [6.07, 6.45) is -0.836. The molecule has 2 amide bonds. The van der Waals surface area contributed by atoms with E-state index in [0.717, 1.165) is 8.39 Å². The van der Waals surface area contributed by atoms with Gasteiger partial charge in [-0.1, -0.05) is 60.1 Å². The molecule has 44 heavy (non-hydrogen) atoms. The van der Waals surface area contributed by atoms with E-state index in [0.29, 0.717) is 41.1 Å². The summed E-state index contributed by atoms with van der Waals surface area (Å²) < 4.78 is 40.2. The molecule has 2 heterocycles. The second-order valence-electron chi connectivity index (χ2n) is 10.5. The number of carboxylic acid groups (broad SMARTS) is 1. The third-order valence-corrected chi connectivity index (χ3v) is 9.36. The van der Waals surface area contributed by atoms with Crippen LogP contribution in [0.25, 0.3) is 0 Å². The molecule has 3 aromatic rings. The Morgan fingerprint density at radius 2 is 1.77 bits per heavy atom. The van der Waals surface area contributed by atoms with E-state index in [2.05, 4.69) is 15.7 Å². The number of aromatic nitrogens is 2. The van der Waals surface area contributed by atoms with Crippen LogP contribution in [0.1, 0.15) is 46.1 Å². The summed E-state index contributed by atoms with van der Waals surface area (Å²) >= 11 is 6.54. The molecule has 3 N–H and O–H groups in total. The van der Waals surface area contributed by atoms with Gasteiger partial charge in [0.25, 0.3) is 5.91 Å². The third-order valence-electron chi connectivity index (χ3n) is 7.38. The average Bonchev–Trinajstić information content (AvgIpc) is 3.38. The number of hydrogen-bond acceptors (Lipinski definition) is 8. The highest BCUT2D eigenvalue weighted by molar-refractivity contribution is 7.87. The van der Waals surface area contributed by atoms with Crippen LogP contribution in [0.15, 0.2) is 54.6 Å². The monoisotopic (exact) mass is 648 g/mol. The van der Waals surface area contributed by atoms with E-state index in [9.17, 15) is 23.1 Å². The molecule has 2 atom stereocenters. The van der Waals surface area contributed by atoms with E-state index in [1.165, 1.54) is 28.3 Å². The van der Waals surface area contributed by atoms with E-state index >= 15 is 0 Å². The van der Waals surface area contributed by atoms with Crippen molar-refractivity contribution in [2.24, 2.45) is 0 Å². The fourth-order valence-electron chi connectivity index (χ4n) is 5.23. The predicted molar refractivity (Wildman–Crippen MR) is 165 cm³/mol. The van der Waals surface area contributed by atoms with E-state index in [4.69, 9.17) is 21.1 Å². The van der Waals surface area contributed by atoms with Crippen molar-refractivity contribution in [3.8, 4) is 0 Å². The van der Waals surface area contributed by atoms with E-state index in [-0.39, 0.29) is 24.5 Å². The minimum atomic E-state index is -4.24. The zero-order chi connectivity index (χ0) is 32.0. The van der Waals surface area contributed by atoms with E-state index < -0.39 is 40.6 Å². The first-order chi connectivity index (χ1) is 21.0. The molecule has 1 aliphatic rings.